The van der Waals surface area contributed by atoms with Gasteiger partial charge in [0, 0.05) is 69.7 Å². The number of rotatable bonds is 6. The average Bonchev–Trinajstić information content (AvgIpc) is 3.60. The molecule has 0 bridgehead atoms. The summed E-state index contributed by atoms with van der Waals surface area (Å²) in [6.45, 7) is 8.08. The van der Waals surface area contributed by atoms with E-state index in [-0.39, 0.29) is 29.4 Å². The van der Waals surface area contributed by atoms with Crippen molar-refractivity contribution >= 4 is 24.4 Å². The number of carbonyl (C=O) groups excluding carboxylic acids is 1. The molecule has 39 heavy (non-hydrogen) atoms. The SMILES string of the molecule is C=N/C(=C\C(=C(/C)N1CCN(C)CC1)C(F)(F)F)Nc1ncc2c(n1)N(C1CCCC1)C1(CCN(C)C1=O)C2. The minimum absolute atomic E-state index is 0.0902. The van der Waals surface area contributed by atoms with Gasteiger partial charge in [-0.25, -0.2) is 9.98 Å². The third-order valence-electron chi connectivity index (χ3n) is 8.67. The van der Waals surface area contributed by atoms with E-state index in [1.165, 1.54) is 6.92 Å². The highest BCUT2D eigenvalue weighted by atomic mass is 19.4. The molecule has 1 aliphatic carbocycles. The van der Waals surface area contributed by atoms with Gasteiger partial charge in [-0.05, 0) is 46.0 Å². The van der Waals surface area contributed by atoms with Crippen LogP contribution in [0.1, 0.15) is 44.6 Å². The number of piperazine rings is 1. The Morgan fingerprint density at radius 1 is 1.18 bits per heavy atom. The van der Waals surface area contributed by atoms with Gasteiger partial charge in [-0.2, -0.15) is 18.2 Å². The van der Waals surface area contributed by atoms with Gasteiger partial charge in [-0.1, -0.05) is 12.8 Å². The second kappa shape index (κ2) is 10.4. The number of fused-ring (bicyclic) bond motifs is 1. The molecule has 1 N–H and O–H groups in total. The van der Waals surface area contributed by atoms with E-state index >= 15 is 0 Å². The second-order valence-corrected chi connectivity index (χ2v) is 11.1. The number of amides is 1. The molecular formula is C27H37F3N8O. The fraction of sp³-hybridized carbons (Fsp3) is 0.630. The minimum Gasteiger partial charge on any atom is -0.372 e. The van der Waals surface area contributed by atoms with Gasteiger partial charge in [0.05, 0.1) is 5.57 Å². The number of nitrogens with one attached hydrogen (secondary N) is 1. The van der Waals surface area contributed by atoms with E-state index in [2.05, 4.69) is 31.8 Å². The normalized spacial score (nSPS) is 25.5. The first-order valence-electron chi connectivity index (χ1n) is 13.6. The van der Waals surface area contributed by atoms with Crippen LogP contribution in [0.15, 0.2) is 34.4 Å². The van der Waals surface area contributed by atoms with Gasteiger partial charge in [0.1, 0.15) is 17.2 Å². The van der Waals surface area contributed by atoms with Crippen LogP contribution in [-0.2, 0) is 11.2 Å². The molecule has 9 nitrogen and oxygen atoms in total. The molecule has 3 fully saturated rings. The van der Waals surface area contributed by atoms with Crippen LogP contribution < -0.4 is 10.2 Å². The van der Waals surface area contributed by atoms with Crippen LogP contribution in [0.2, 0.25) is 0 Å². The highest BCUT2D eigenvalue weighted by Crippen LogP contribution is 2.47. The standard InChI is InChI=1S/C27H37F3N8O/c1-18(37-13-11-35(3)12-14-37)21(27(28,29)30)15-22(31-2)33-25-32-17-19-16-26(9-10-36(4)24(26)39)38(23(19)34-25)20-7-5-6-8-20/h15,17,20H,2,5-14,16H2,1,3-4H3,(H,32,33,34)/b21-18-,22-15+. The molecule has 0 aromatic carbocycles. The minimum atomic E-state index is -4.58. The summed E-state index contributed by atoms with van der Waals surface area (Å²) in [6.07, 6.45) is 3.49. The van der Waals surface area contributed by atoms with Crippen LogP contribution >= 0.6 is 0 Å². The van der Waals surface area contributed by atoms with E-state index in [0.717, 1.165) is 37.3 Å². The summed E-state index contributed by atoms with van der Waals surface area (Å²) in [5.74, 6) is 0.818. The Morgan fingerprint density at radius 3 is 2.46 bits per heavy atom. The Balaban J connectivity index is 1.46. The molecule has 1 unspecified atom stereocenters. The van der Waals surface area contributed by atoms with Crippen molar-refractivity contribution in [2.75, 3.05) is 57.0 Å². The molecule has 1 aromatic heterocycles. The van der Waals surface area contributed by atoms with Gasteiger partial charge >= 0.3 is 6.18 Å². The van der Waals surface area contributed by atoms with Crippen molar-refractivity contribution in [3.05, 3.63) is 34.9 Å². The zero-order valence-electron chi connectivity index (χ0n) is 22.9. The Kier molecular flexibility index (Phi) is 7.34. The largest absolute Gasteiger partial charge is 0.418 e. The predicted octanol–water partition coefficient (Wildman–Crippen LogP) is 3.42. The van der Waals surface area contributed by atoms with Gasteiger partial charge in [0.15, 0.2) is 0 Å². The third kappa shape index (κ3) is 5.10. The predicted molar refractivity (Wildman–Crippen MR) is 145 cm³/mol. The average molecular weight is 547 g/mol. The van der Waals surface area contributed by atoms with Crippen molar-refractivity contribution in [3.8, 4) is 0 Å². The van der Waals surface area contributed by atoms with Crippen LogP contribution in [0.25, 0.3) is 0 Å². The first-order valence-corrected chi connectivity index (χ1v) is 13.6. The van der Waals surface area contributed by atoms with Gasteiger partial charge in [-0.3, -0.25) is 4.79 Å². The smallest absolute Gasteiger partial charge is 0.372 e. The molecule has 1 amide bonds. The quantitative estimate of drug-likeness (QED) is 0.433. The number of hydrogen-bond acceptors (Lipinski definition) is 8. The summed E-state index contributed by atoms with van der Waals surface area (Å²) >= 11 is 0. The van der Waals surface area contributed by atoms with Crippen molar-refractivity contribution in [3.63, 3.8) is 0 Å². The van der Waals surface area contributed by atoms with E-state index in [1.807, 2.05) is 14.1 Å². The number of nitrogens with zero attached hydrogens (tertiary/aromatic N) is 7. The number of likely N-dealkylation sites (tertiary alicyclic amines) is 1. The molecular weight excluding hydrogens is 509 g/mol. The fourth-order valence-corrected chi connectivity index (χ4v) is 6.46. The molecule has 1 spiro atoms. The number of hydrogen-bond donors (Lipinski definition) is 1. The molecule has 5 rings (SSSR count). The zero-order valence-corrected chi connectivity index (χ0v) is 22.9. The summed E-state index contributed by atoms with van der Waals surface area (Å²) in [7, 11) is 3.78. The topological polar surface area (TPSA) is 80.2 Å². The van der Waals surface area contributed by atoms with Gasteiger partial charge in [0.2, 0.25) is 11.9 Å². The maximum Gasteiger partial charge on any atom is 0.418 e. The fourth-order valence-electron chi connectivity index (χ4n) is 6.46. The van der Waals surface area contributed by atoms with Crippen LogP contribution in [-0.4, -0.2) is 102 Å². The first kappa shape index (κ1) is 27.4. The second-order valence-electron chi connectivity index (χ2n) is 11.1. The molecule has 2 saturated heterocycles. The van der Waals surface area contributed by atoms with Crippen molar-refractivity contribution in [2.24, 2.45) is 4.99 Å². The molecule has 212 valence electrons. The Hall–Kier alpha value is -3.15. The lowest BCUT2D eigenvalue weighted by atomic mass is 9.91. The van der Waals surface area contributed by atoms with Gasteiger partial charge in [-0.15, -0.1) is 0 Å². The molecule has 1 saturated carbocycles. The van der Waals surface area contributed by atoms with E-state index in [0.29, 0.717) is 51.4 Å². The van der Waals surface area contributed by atoms with Crippen molar-refractivity contribution < 1.29 is 18.0 Å². The number of aromatic nitrogens is 2. The number of alkyl halides is 3. The Labute approximate surface area is 227 Å². The number of allylic oxidation sites excluding steroid dienone is 3. The van der Waals surface area contributed by atoms with Crippen molar-refractivity contribution in [2.45, 2.75) is 63.2 Å². The molecule has 3 aliphatic heterocycles. The van der Waals surface area contributed by atoms with Crippen LogP contribution in [0, 0.1) is 0 Å². The molecule has 1 atom stereocenters. The van der Waals surface area contributed by atoms with Crippen LogP contribution in [0.4, 0.5) is 24.9 Å². The summed E-state index contributed by atoms with van der Waals surface area (Å²) in [5.41, 5.74) is -0.420. The van der Waals surface area contributed by atoms with Crippen LogP contribution in [0.3, 0.4) is 0 Å². The van der Waals surface area contributed by atoms with E-state index in [9.17, 15) is 18.0 Å². The van der Waals surface area contributed by atoms with E-state index < -0.39 is 17.3 Å². The van der Waals surface area contributed by atoms with Crippen LogP contribution in [0.5, 0.6) is 0 Å². The first-order chi connectivity index (χ1) is 18.5. The molecule has 4 aliphatic rings. The number of carbonyl (C=O) groups is 1. The lowest BCUT2D eigenvalue weighted by Crippen LogP contribution is -2.56. The lowest BCUT2D eigenvalue weighted by molar-refractivity contribution is -0.131. The summed E-state index contributed by atoms with van der Waals surface area (Å²) in [6, 6.07) is 0.197. The number of halogens is 3. The van der Waals surface area contributed by atoms with Gasteiger partial charge < -0.3 is 24.9 Å². The van der Waals surface area contributed by atoms with E-state index in [4.69, 9.17) is 4.98 Å². The molecule has 0 radical (unpaired) electrons. The van der Waals surface area contributed by atoms with E-state index in [1.54, 1.807) is 16.0 Å². The third-order valence-corrected chi connectivity index (χ3v) is 8.67. The number of anilines is 2. The number of likely N-dealkylation sites (N-methyl/N-ethyl adjacent to an activating group) is 2. The van der Waals surface area contributed by atoms with Crippen molar-refractivity contribution in [1.82, 2.24) is 24.7 Å². The monoisotopic (exact) mass is 546 g/mol. The summed E-state index contributed by atoms with van der Waals surface area (Å²) in [4.78, 5) is 34.2. The zero-order chi connectivity index (χ0) is 27.9. The number of aliphatic imine (C=N–C) groups is 1. The van der Waals surface area contributed by atoms with Crippen molar-refractivity contribution in [1.29, 1.82) is 0 Å². The summed E-state index contributed by atoms with van der Waals surface area (Å²) in [5, 5.41) is 2.86. The lowest BCUT2D eigenvalue weighted by Gasteiger charge is -2.39. The maximum absolute atomic E-state index is 14.2. The summed E-state index contributed by atoms with van der Waals surface area (Å²) < 4.78 is 42.5. The maximum atomic E-state index is 14.2. The highest BCUT2D eigenvalue weighted by Gasteiger charge is 2.57. The Morgan fingerprint density at radius 2 is 1.87 bits per heavy atom. The molecule has 4 heterocycles. The molecule has 12 heteroatoms. The molecule has 1 aromatic rings. The Bertz CT molecular complexity index is 1180. The van der Waals surface area contributed by atoms with Gasteiger partial charge in [0.25, 0.3) is 0 Å². The highest BCUT2D eigenvalue weighted by molar-refractivity contribution is 5.94.